The second kappa shape index (κ2) is 7.11. The van der Waals surface area contributed by atoms with E-state index >= 15 is 0 Å². The van der Waals surface area contributed by atoms with Gasteiger partial charge in [-0.25, -0.2) is 0 Å². The van der Waals surface area contributed by atoms with Crippen LogP contribution in [0.4, 0.5) is 0 Å². The van der Waals surface area contributed by atoms with Crippen molar-refractivity contribution < 1.29 is 19.4 Å². The third-order valence-corrected chi connectivity index (χ3v) is 4.01. The number of amides is 1. The summed E-state index contributed by atoms with van der Waals surface area (Å²) >= 11 is 0. The van der Waals surface area contributed by atoms with Gasteiger partial charge >= 0.3 is 5.97 Å². The Morgan fingerprint density at radius 1 is 1.29 bits per heavy atom. The first-order chi connectivity index (χ1) is 10.1. The van der Waals surface area contributed by atoms with Crippen LogP contribution in [-0.2, 0) is 4.79 Å². The van der Waals surface area contributed by atoms with Crippen LogP contribution in [0.25, 0.3) is 0 Å². The van der Waals surface area contributed by atoms with E-state index in [0.717, 1.165) is 12.8 Å². The van der Waals surface area contributed by atoms with Gasteiger partial charge in [0.15, 0.2) is 0 Å². The molecule has 1 amide bonds. The summed E-state index contributed by atoms with van der Waals surface area (Å²) in [6.45, 7) is 1.36. The molecule has 1 heterocycles. The van der Waals surface area contributed by atoms with Gasteiger partial charge in [0.05, 0.1) is 12.7 Å². The highest BCUT2D eigenvalue weighted by atomic mass is 16.5. The minimum atomic E-state index is -0.748. The van der Waals surface area contributed by atoms with Crippen molar-refractivity contribution in [3.05, 3.63) is 29.8 Å². The number of nitrogens with zero attached hydrogens (tertiary/aromatic N) is 1. The highest BCUT2D eigenvalue weighted by Crippen LogP contribution is 2.25. The first-order valence-electron chi connectivity index (χ1n) is 7.26. The molecule has 5 heteroatoms. The van der Waals surface area contributed by atoms with Crippen LogP contribution in [0.2, 0.25) is 0 Å². The lowest BCUT2D eigenvalue weighted by atomic mass is 9.92. The Morgan fingerprint density at radius 2 is 1.95 bits per heavy atom. The number of carbonyl (C=O) groups is 2. The minimum absolute atomic E-state index is 0.0101. The maximum Gasteiger partial charge on any atom is 0.303 e. The van der Waals surface area contributed by atoms with E-state index < -0.39 is 5.97 Å². The first kappa shape index (κ1) is 15.4. The molecular weight excluding hydrogens is 270 g/mol. The number of hydrogen-bond acceptors (Lipinski definition) is 3. The van der Waals surface area contributed by atoms with E-state index in [4.69, 9.17) is 9.84 Å². The Labute approximate surface area is 124 Å². The molecule has 1 aliphatic rings. The van der Waals surface area contributed by atoms with Crippen LogP contribution in [0.3, 0.4) is 0 Å². The monoisotopic (exact) mass is 291 g/mol. The Bertz CT molecular complexity index is 507. The fourth-order valence-electron chi connectivity index (χ4n) is 2.74. The van der Waals surface area contributed by atoms with E-state index in [-0.39, 0.29) is 12.3 Å². The van der Waals surface area contributed by atoms with Crippen LogP contribution in [0.1, 0.15) is 36.0 Å². The van der Waals surface area contributed by atoms with Gasteiger partial charge in [-0.1, -0.05) is 12.1 Å². The molecule has 0 atom stereocenters. The second-order valence-electron chi connectivity index (χ2n) is 5.37. The number of piperidine rings is 1. The van der Waals surface area contributed by atoms with Gasteiger partial charge < -0.3 is 14.7 Å². The quantitative estimate of drug-likeness (QED) is 0.904. The van der Waals surface area contributed by atoms with Crippen LogP contribution in [0, 0.1) is 5.92 Å². The van der Waals surface area contributed by atoms with Gasteiger partial charge in [0, 0.05) is 19.5 Å². The van der Waals surface area contributed by atoms with Gasteiger partial charge in [0.25, 0.3) is 5.91 Å². The number of likely N-dealkylation sites (tertiary alicyclic amines) is 1. The third-order valence-electron chi connectivity index (χ3n) is 4.01. The SMILES string of the molecule is COc1ccccc1C(=O)N1CCC(CCC(=O)O)CC1. The van der Waals surface area contributed by atoms with Gasteiger partial charge in [0.2, 0.25) is 0 Å². The number of ether oxygens (including phenoxy) is 1. The lowest BCUT2D eigenvalue weighted by Crippen LogP contribution is -2.38. The van der Waals surface area contributed by atoms with E-state index in [1.54, 1.807) is 19.2 Å². The highest BCUT2D eigenvalue weighted by molar-refractivity contribution is 5.97. The van der Waals surface area contributed by atoms with Gasteiger partial charge in [-0.05, 0) is 37.3 Å². The van der Waals surface area contributed by atoms with Crippen molar-refractivity contribution in [3.63, 3.8) is 0 Å². The zero-order valence-electron chi connectivity index (χ0n) is 12.2. The van der Waals surface area contributed by atoms with E-state index in [1.165, 1.54) is 0 Å². The lowest BCUT2D eigenvalue weighted by Gasteiger charge is -2.32. The number of carboxylic acid groups (broad SMARTS) is 1. The molecule has 114 valence electrons. The van der Waals surface area contributed by atoms with Crippen LogP contribution in [0.5, 0.6) is 5.75 Å². The Kier molecular flexibility index (Phi) is 5.20. The van der Waals surface area contributed by atoms with E-state index in [2.05, 4.69) is 0 Å². The molecule has 21 heavy (non-hydrogen) atoms. The summed E-state index contributed by atoms with van der Waals surface area (Å²) in [6.07, 6.45) is 2.65. The van der Waals surface area contributed by atoms with Crippen LogP contribution in [0.15, 0.2) is 24.3 Å². The number of carbonyl (C=O) groups excluding carboxylic acids is 1. The molecule has 1 aliphatic heterocycles. The molecule has 1 aromatic rings. The summed E-state index contributed by atoms with van der Waals surface area (Å²) in [7, 11) is 1.56. The Balaban J connectivity index is 1.92. The summed E-state index contributed by atoms with van der Waals surface area (Å²) in [5.74, 6) is 0.241. The zero-order valence-corrected chi connectivity index (χ0v) is 12.2. The predicted molar refractivity (Wildman–Crippen MR) is 78.5 cm³/mol. The molecule has 1 saturated heterocycles. The molecule has 1 fully saturated rings. The van der Waals surface area contributed by atoms with Gasteiger partial charge in [-0.3, -0.25) is 9.59 Å². The molecule has 0 unspecified atom stereocenters. The highest BCUT2D eigenvalue weighted by Gasteiger charge is 2.25. The fourth-order valence-corrected chi connectivity index (χ4v) is 2.74. The molecule has 0 aliphatic carbocycles. The summed E-state index contributed by atoms with van der Waals surface area (Å²) in [5.41, 5.74) is 0.587. The first-order valence-corrected chi connectivity index (χ1v) is 7.26. The van der Waals surface area contributed by atoms with E-state index in [9.17, 15) is 9.59 Å². The minimum Gasteiger partial charge on any atom is -0.496 e. The molecule has 1 aromatic carbocycles. The zero-order chi connectivity index (χ0) is 15.2. The van der Waals surface area contributed by atoms with Gasteiger partial charge in [0.1, 0.15) is 5.75 Å². The molecule has 0 spiro atoms. The number of aliphatic carboxylic acids is 1. The van der Waals surface area contributed by atoms with E-state index in [0.29, 0.717) is 36.7 Å². The average Bonchev–Trinajstić information content (AvgIpc) is 2.52. The standard InChI is InChI=1S/C16H21NO4/c1-21-14-5-3-2-4-13(14)16(20)17-10-8-12(9-11-17)6-7-15(18)19/h2-5,12H,6-11H2,1H3,(H,18,19). The summed E-state index contributed by atoms with van der Waals surface area (Å²) < 4.78 is 5.23. The van der Waals surface area contributed by atoms with Crippen molar-refractivity contribution in [2.24, 2.45) is 5.92 Å². The van der Waals surface area contributed by atoms with Crippen molar-refractivity contribution in [1.29, 1.82) is 0 Å². The Hall–Kier alpha value is -2.04. The number of carboxylic acids is 1. The van der Waals surface area contributed by atoms with Gasteiger partial charge in [-0.2, -0.15) is 0 Å². The smallest absolute Gasteiger partial charge is 0.303 e. The summed E-state index contributed by atoms with van der Waals surface area (Å²) in [6, 6.07) is 7.23. The van der Waals surface area contributed by atoms with Crippen molar-refractivity contribution in [1.82, 2.24) is 4.90 Å². The lowest BCUT2D eigenvalue weighted by molar-refractivity contribution is -0.137. The molecule has 0 aromatic heterocycles. The Morgan fingerprint density at radius 3 is 2.57 bits per heavy atom. The topological polar surface area (TPSA) is 66.8 Å². The molecule has 0 saturated carbocycles. The number of hydrogen-bond donors (Lipinski definition) is 1. The molecule has 5 nitrogen and oxygen atoms in total. The molecule has 0 bridgehead atoms. The average molecular weight is 291 g/mol. The predicted octanol–water partition coefficient (Wildman–Crippen LogP) is 2.41. The van der Waals surface area contributed by atoms with E-state index in [1.807, 2.05) is 17.0 Å². The molecule has 0 radical (unpaired) electrons. The third kappa shape index (κ3) is 3.97. The summed E-state index contributed by atoms with van der Waals surface area (Å²) in [4.78, 5) is 24.9. The number of benzene rings is 1. The second-order valence-corrected chi connectivity index (χ2v) is 5.37. The fraction of sp³-hybridized carbons (Fsp3) is 0.500. The molecule has 2 rings (SSSR count). The maximum absolute atomic E-state index is 12.5. The number of para-hydroxylation sites is 1. The van der Waals surface area contributed by atoms with Crippen LogP contribution in [-0.4, -0.2) is 42.1 Å². The van der Waals surface area contributed by atoms with Crippen molar-refractivity contribution in [2.75, 3.05) is 20.2 Å². The number of methoxy groups -OCH3 is 1. The maximum atomic E-state index is 12.5. The normalized spacial score (nSPS) is 15.8. The molecule has 1 N–H and O–H groups in total. The number of rotatable bonds is 5. The van der Waals surface area contributed by atoms with Crippen molar-refractivity contribution in [2.45, 2.75) is 25.7 Å². The summed E-state index contributed by atoms with van der Waals surface area (Å²) in [5, 5.41) is 8.71. The molecular formula is C16H21NO4. The van der Waals surface area contributed by atoms with Crippen molar-refractivity contribution in [3.8, 4) is 5.75 Å². The largest absolute Gasteiger partial charge is 0.496 e. The van der Waals surface area contributed by atoms with Crippen LogP contribution < -0.4 is 4.74 Å². The van der Waals surface area contributed by atoms with Gasteiger partial charge in [-0.15, -0.1) is 0 Å². The van der Waals surface area contributed by atoms with Crippen LogP contribution >= 0.6 is 0 Å². The van der Waals surface area contributed by atoms with Crippen molar-refractivity contribution >= 4 is 11.9 Å².